The molecule has 0 bridgehead atoms. The highest BCUT2D eigenvalue weighted by molar-refractivity contribution is 14.1. The van der Waals surface area contributed by atoms with E-state index in [-0.39, 0.29) is 11.9 Å². The zero-order valence-electron chi connectivity index (χ0n) is 15.5. The number of fused-ring (bicyclic) bond motifs is 1. The number of hydrogen-bond donors (Lipinski definition) is 1. The molecule has 0 aliphatic carbocycles. The lowest BCUT2D eigenvalue weighted by molar-refractivity contribution is 0.0929. The molecule has 3 rings (SSSR count). The third kappa shape index (κ3) is 4.85. The maximum Gasteiger partial charge on any atom is 0.307 e. The lowest BCUT2D eigenvalue weighted by Crippen LogP contribution is -2.16. The van der Waals surface area contributed by atoms with E-state index < -0.39 is 5.91 Å². The van der Waals surface area contributed by atoms with Crippen molar-refractivity contribution < 1.29 is 18.7 Å². The van der Waals surface area contributed by atoms with E-state index in [1.54, 1.807) is 25.3 Å². The number of rotatable bonds is 6. The van der Waals surface area contributed by atoms with Crippen molar-refractivity contribution in [3.05, 3.63) is 55.8 Å². The molecule has 2 aromatic carbocycles. The fraction of sp³-hybridized carbons (Fsp3) is 0.200. The fourth-order valence-electron chi connectivity index (χ4n) is 2.48. The summed E-state index contributed by atoms with van der Waals surface area (Å²) in [4.78, 5) is 12.3. The molecule has 0 saturated carbocycles. The molecule has 1 N–H and O–H groups in total. The monoisotopic (exact) mass is 556 g/mol. The third-order valence-electron chi connectivity index (χ3n) is 3.71. The van der Waals surface area contributed by atoms with Gasteiger partial charge in [0.15, 0.2) is 17.3 Å². The van der Waals surface area contributed by atoms with E-state index in [1.807, 2.05) is 32.0 Å². The molecule has 0 aliphatic heterocycles. The number of ether oxygens (including phenoxy) is 2. The van der Waals surface area contributed by atoms with Gasteiger partial charge in [-0.1, -0.05) is 0 Å². The normalized spacial score (nSPS) is 11.4. The molecular weight excluding hydrogens is 539 g/mol. The SMILES string of the molecule is COc1cc(/C=N\NC(=O)c2cc3cc(Br)c(I)cc3o2)ccc1OC(C)C. The molecule has 146 valence electrons. The Kier molecular flexibility index (Phi) is 6.61. The summed E-state index contributed by atoms with van der Waals surface area (Å²) in [6.07, 6.45) is 1.57. The molecule has 28 heavy (non-hydrogen) atoms. The molecule has 0 fully saturated rings. The molecule has 0 radical (unpaired) electrons. The molecule has 0 atom stereocenters. The number of furan rings is 1. The second-order valence-electron chi connectivity index (χ2n) is 6.19. The van der Waals surface area contributed by atoms with E-state index in [0.717, 1.165) is 19.0 Å². The minimum atomic E-state index is -0.426. The summed E-state index contributed by atoms with van der Waals surface area (Å²) >= 11 is 5.66. The van der Waals surface area contributed by atoms with Gasteiger partial charge in [-0.2, -0.15) is 5.10 Å². The van der Waals surface area contributed by atoms with Gasteiger partial charge in [-0.05, 0) is 94.3 Å². The largest absolute Gasteiger partial charge is 0.493 e. The lowest BCUT2D eigenvalue weighted by Gasteiger charge is -2.13. The predicted molar refractivity (Wildman–Crippen MR) is 120 cm³/mol. The number of benzene rings is 2. The van der Waals surface area contributed by atoms with Gasteiger partial charge in [-0.25, -0.2) is 5.43 Å². The number of amides is 1. The first-order valence-electron chi connectivity index (χ1n) is 8.44. The van der Waals surface area contributed by atoms with Crippen molar-refractivity contribution in [1.29, 1.82) is 0 Å². The predicted octanol–water partition coefficient (Wildman–Crippen LogP) is 5.36. The highest BCUT2D eigenvalue weighted by Gasteiger charge is 2.13. The molecule has 1 heterocycles. The van der Waals surface area contributed by atoms with Crippen LogP contribution in [0.4, 0.5) is 0 Å². The maximum atomic E-state index is 12.3. The van der Waals surface area contributed by atoms with E-state index >= 15 is 0 Å². The van der Waals surface area contributed by atoms with Gasteiger partial charge >= 0.3 is 5.91 Å². The first-order valence-corrected chi connectivity index (χ1v) is 10.3. The van der Waals surface area contributed by atoms with Crippen molar-refractivity contribution in [2.24, 2.45) is 5.10 Å². The van der Waals surface area contributed by atoms with Gasteiger partial charge in [0.05, 0.1) is 19.4 Å². The van der Waals surface area contributed by atoms with E-state index in [4.69, 9.17) is 13.9 Å². The third-order valence-corrected chi connectivity index (χ3v) is 6.00. The molecule has 0 spiro atoms. The smallest absolute Gasteiger partial charge is 0.307 e. The number of methoxy groups -OCH3 is 1. The van der Waals surface area contributed by atoms with E-state index in [1.165, 1.54) is 6.21 Å². The van der Waals surface area contributed by atoms with Crippen molar-refractivity contribution in [3.8, 4) is 11.5 Å². The molecule has 0 unspecified atom stereocenters. The van der Waals surface area contributed by atoms with Crippen molar-refractivity contribution in [1.82, 2.24) is 5.43 Å². The van der Waals surface area contributed by atoms with Gasteiger partial charge in [-0.3, -0.25) is 4.79 Å². The minimum absolute atomic E-state index is 0.0421. The average Bonchev–Trinajstić information content (AvgIpc) is 3.05. The van der Waals surface area contributed by atoms with Gasteiger partial charge < -0.3 is 13.9 Å². The zero-order valence-corrected chi connectivity index (χ0v) is 19.2. The summed E-state index contributed by atoms with van der Waals surface area (Å²) < 4.78 is 18.6. The fourth-order valence-corrected chi connectivity index (χ4v) is 3.28. The summed E-state index contributed by atoms with van der Waals surface area (Å²) in [6.45, 7) is 3.89. The Morgan fingerprint density at radius 2 is 2.04 bits per heavy atom. The Morgan fingerprint density at radius 1 is 1.25 bits per heavy atom. The first-order chi connectivity index (χ1) is 13.4. The number of nitrogens with zero attached hydrogens (tertiary/aromatic N) is 1. The van der Waals surface area contributed by atoms with Crippen LogP contribution in [0.1, 0.15) is 30.0 Å². The number of hydrazone groups is 1. The summed E-state index contributed by atoms with van der Waals surface area (Å²) in [5, 5.41) is 4.84. The van der Waals surface area contributed by atoms with Crippen LogP contribution in [0.2, 0.25) is 0 Å². The molecule has 0 saturated heterocycles. The number of carbonyl (C=O) groups is 1. The van der Waals surface area contributed by atoms with Crippen LogP contribution in [-0.4, -0.2) is 25.3 Å². The first kappa shape index (κ1) is 20.7. The Labute approximate surface area is 184 Å². The Balaban J connectivity index is 1.71. The number of carbonyl (C=O) groups excluding carboxylic acids is 1. The lowest BCUT2D eigenvalue weighted by atomic mass is 10.2. The topological polar surface area (TPSA) is 73.1 Å². The van der Waals surface area contributed by atoms with Gasteiger partial charge in [-0.15, -0.1) is 0 Å². The van der Waals surface area contributed by atoms with Crippen molar-refractivity contribution in [2.45, 2.75) is 20.0 Å². The van der Waals surface area contributed by atoms with Crippen LogP contribution in [0, 0.1) is 3.57 Å². The highest BCUT2D eigenvalue weighted by Crippen LogP contribution is 2.29. The van der Waals surface area contributed by atoms with Crippen molar-refractivity contribution in [2.75, 3.05) is 7.11 Å². The second-order valence-corrected chi connectivity index (χ2v) is 8.21. The standard InChI is InChI=1S/C20H18BrIN2O4/c1-11(2)27-16-5-4-12(6-18(16)26-3)10-23-24-20(25)19-8-13-7-14(21)15(22)9-17(13)28-19/h4-11H,1-3H3,(H,24,25)/b23-10-. The Bertz CT molecular complexity index is 1010. The van der Waals surface area contributed by atoms with Gasteiger partial charge in [0, 0.05) is 13.4 Å². The molecule has 0 aliphatic rings. The molecule has 3 aromatic rings. The maximum absolute atomic E-state index is 12.3. The second kappa shape index (κ2) is 8.95. The Morgan fingerprint density at radius 3 is 2.75 bits per heavy atom. The summed E-state index contributed by atoms with van der Waals surface area (Å²) in [5.41, 5.74) is 3.88. The summed E-state index contributed by atoms with van der Waals surface area (Å²) in [7, 11) is 1.58. The molecule has 1 amide bonds. The van der Waals surface area contributed by atoms with E-state index in [9.17, 15) is 4.79 Å². The average molecular weight is 557 g/mol. The van der Waals surface area contributed by atoms with E-state index in [0.29, 0.717) is 17.1 Å². The summed E-state index contributed by atoms with van der Waals surface area (Å²) in [6, 6.07) is 10.9. The Hall–Kier alpha value is -2.07. The minimum Gasteiger partial charge on any atom is -0.493 e. The van der Waals surface area contributed by atoms with Crippen LogP contribution in [0.25, 0.3) is 11.0 Å². The zero-order chi connectivity index (χ0) is 20.3. The molecule has 6 nitrogen and oxygen atoms in total. The van der Waals surface area contributed by atoms with Crippen LogP contribution in [0.5, 0.6) is 11.5 Å². The van der Waals surface area contributed by atoms with Crippen LogP contribution < -0.4 is 14.9 Å². The van der Waals surface area contributed by atoms with Crippen LogP contribution >= 0.6 is 38.5 Å². The van der Waals surface area contributed by atoms with Crippen LogP contribution in [0.15, 0.2) is 50.4 Å². The van der Waals surface area contributed by atoms with Crippen molar-refractivity contribution in [3.63, 3.8) is 0 Å². The van der Waals surface area contributed by atoms with Gasteiger partial charge in [0.25, 0.3) is 0 Å². The van der Waals surface area contributed by atoms with Crippen molar-refractivity contribution >= 4 is 61.6 Å². The van der Waals surface area contributed by atoms with E-state index in [2.05, 4.69) is 49.0 Å². The molecular formula is C20H18BrIN2O4. The van der Waals surface area contributed by atoms with Gasteiger partial charge in [0.1, 0.15) is 5.58 Å². The highest BCUT2D eigenvalue weighted by atomic mass is 127. The number of halogens is 2. The quantitative estimate of drug-likeness (QED) is 0.252. The number of hydrogen-bond acceptors (Lipinski definition) is 5. The van der Waals surface area contributed by atoms with Crippen LogP contribution in [-0.2, 0) is 0 Å². The number of nitrogens with one attached hydrogen (secondary N) is 1. The molecule has 8 heteroatoms. The van der Waals surface area contributed by atoms with Crippen LogP contribution in [0.3, 0.4) is 0 Å². The summed E-state index contributed by atoms with van der Waals surface area (Å²) in [5.74, 6) is 1.02. The molecule has 1 aromatic heterocycles. The van der Waals surface area contributed by atoms with Gasteiger partial charge in [0.2, 0.25) is 0 Å².